The average molecular weight is 479 g/mol. The molecule has 184 valence electrons. The third-order valence-corrected chi connectivity index (χ3v) is 5.06. The SMILES string of the molecule is CCOc1cc(F)c([C@@H]2CN=C(NOCCO)[C@H]2NC(=O)OCc2ccc(OC)cc2)c(F)c1. The number of hydroxylamine groups is 1. The van der Waals surface area contributed by atoms with Gasteiger partial charge in [0.15, 0.2) is 0 Å². The molecule has 0 aliphatic carbocycles. The summed E-state index contributed by atoms with van der Waals surface area (Å²) in [5, 5.41) is 11.5. The fourth-order valence-corrected chi connectivity index (χ4v) is 3.49. The van der Waals surface area contributed by atoms with Crippen LogP contribution in [0.5, 0.6) is 11.5 Å². The van der Waals surface area contributed by atoms with Crippen molar-refractivity contribution in [2.75, 3.05) is 33.5 Å². The molecule has 0 aromatic heterocycles. The highest BCUT2D eigenvalue weighted by Crippen LogP contribution is 2.32. The van der Waals surface area contributed by atoms with E-state index in [4.69, 9.17) is 24.2 Å². The zero-order valence-corrected chi connectivity index (χ0v) is 18.8. The molecule has 0 unspecified atom stereocenters. The Labute approximate surface area is 195 Å². The van der Waals surface area contributed by atoms with Gasteiger partial charge in [0.05, 0.1) is 33.5 Å². The molecule has 0 spiro atoms. The number of aliphatic imine (C=N–C) groups is 1. The maximum absolute atomic E-state index is 14.9. The van der Waals surface area contributed by atoms with Gasteiger partial charge in [-0.3, -0.25) is 15.3 Å². The first-order chi connectivity index (χ1) is 16.5. The number of carbonyl (C=O) groups is 1. The molecule has 34 heavy (non-hydrogen) atoms. The van der Waals surface area contributed by atoms with E-state index in [1.807, 2.05) is 0 Å². The lowest BCUT2D eigenvalue weighted by atomic mass is 9.92. The fourth-order valence-electron chi connectivity index (χ4n) is 3.49. The molecule has 2 aromatic rings. The molecule has 9 nitrogen and oxygen atoms in total. The molecule has 0 fully saturated rings. The predicted octanol–water partition coefficient (Wildman–Crippen LogP) is 2.68. The number of ether oxygens (including phenoxy) is 3. The van der Waals surface area contributed by atoms with Gasteiger partial charge in [-0.05, 0) is 24.6 Å². The summed E-state index contributed by atoms with van der Waals surface area (Å²) in [6.07, 6.45) is -0.809. The molecule has 2 aromatic carbocycles. The molecule has 0 saturated heterocycles. The number of alkyl carbamates (subject to hydrolysis) is 1. The molecule has 1 aliphatic rings. The van der Waals surface area contributed by atoms with Crippen molar-refractivity contribution < 1.29 is 37.7 Å². The van der Waals surface area contributed by atoms with Crippen LogP contribution in [0.15, 0.2) is 41.4 Å². The highest BCUT2D eigenvalue weighted by molar-refractivity contribution is 5.92. The molecular formula is C23H27F2N3O6. The third kappa shape index (κ3) is 6.33. The predicted molar refractivity (Wildman–Crippen MR) is 119 cm³/mol. The first kappa shape index (κ1) is 25.2. The lowest BCUT2D eigenvalue weighted by Gasteiger charge is -2.24. The number of carbonyl (C=O) groups excluding carboxylic acids is 1. The van der Waals surface area contributed by atoms with Crippen LogP contribution in [0.25, 0.3) is 0 Å². The smallest absolute Gasteiger partial charge is 0.408 e. The molecule has 1 amide bonds. The number of hydrogen-bond acceptors (Lipinski definition) is 8. The quantitative estimate of drug-likeness (QED) is 0.355. The number of nitrogens with one attached hydrogen (secondary N) is 2. The number of methoxy groups -OCH3 is 1. The van der Waals surface area contributed by atoms with Crippen LogP contribution in [0, 0.1) is 11.6 Å². The van der Waals surface area contributed by atoms with Crippen LogP contribution in [0.1, 0.15) is 24.0 Å². The Balaban J connectivity index is 1.74. The van der Waals surface area contributed by atoms with E-state index in [-0.39, 0.29) is 50.1 Å². The van der Waals surface area contributed by atoms with Gasteiger partial charge in [0.25, 0.3) is 0 Å². The number of hydrogen-bond donors (Lipinski definition) is 3. The van der Waals surface area contributed by atoms with Crippen molar-refractivity contribution in [3.05, 3.63) is 59.2 Å². The second-order valence-corrected chi connectivity index (χ2v) is 7.29. The minimum atomic E-state index is -0.969. The summed E-state index contributed by atoms with van der Waals surface area (Å²) in [6, 6.07) is 8.16. The van der Waals surface area contributed by atoms with Crippen LogP contribution in [-0.2, 0) is 16.2 Å². The van der Waals surface area contributed by atoms with Crippen molar-refractivity contribution in [3.63, 3.8) is 0 Å². The number of benzene rings is 2. The Morgan fingerprint density at radius 3 is 2.50 bits per heavy atom. The van der Waals surface area contributed by atoms with Crippen LogP contribution in [0.4, 0.5) is 13.6 Å². The number of rotatable bonds is 10. The minimum Gasteiger partial charge on any atom is -0.497 e. The van der Waals surface area contributed by atoms with E-state index in [2.05, 4.69) is 15.8 Å². The molecule has 0 saturated carbocycles. The van der Waals surface area contributed by atoms with Gasteiger partial charge in [0.1, 0.15) is 41.6 Å². The lowest BCUT2D eigenvalue weighted by molar-refractivity contribution is 0.0513. The molecule has 1 aliphatic heterocycles. The Bertz CT molecular complexity index is 980. The molecule has 0 bridgehead atoms. The molecular weight excluding hydrogens is 452 g/mol. The highest BCUT2D eigenvalue weighted by atomic mass is 19.1. The van der Waals surface area contributed by atoms with E-state index in [0.29, 0.717) is 5.75 Å². The Hall–Kier alpha value is -3.44. The fraction of sp³-hybridized carbons (Fsp3) is 0.391. The second-order valence-electron chi connectivity index (χ2n) is 7.29. The molecule has 1 heterocycles. The van der Waals surface area contributed by atoms with Crippen LogP contribution < -0.4 is 20.3 Å². The number of amidine groups is 1. The van der Waals surface area contributed by atoms with E-state index in [0.717, 1.165) is 17.7 Å². The van der Waals surface area contributed by atoms with Gasteiger partial charge in [-0.25, -0.2) is 13.6 Å². The number of aliphatic hydroxyl groups excluding tert-OH is 1. The van der Waals surface area contributed by atoms with E-state index in [1.165, 1.54) is 0 Å². The van der Waals surface area contributed by atoms with Crippen molar-refractivity contribution in [2.24, 2.45) is 4.99 Å². The zero-order valence-electron chi connectivity index (χ0n) is 18.8. The number of amides is 1. The van der Waals surface area contributed by atoms with Gasteiger partial charge in [-0.1, -0.05) is 12.1 Å². The summed E-state index contributed by atoms with van der Waals surface area (Å²) in [7, 11) is 1.55. The normalized spacial score (nSPS) is 17.1. The van der Waals surface area contributed by atoms with Gasteiger partial charge < -0.3 is 24.6 Å². The number of aliphatic hydroxyl groups is 1. The Morgan fingerprint density at radius 2 is 1.88 bits per heavy atom. The van der Waals surface area contributed by atoms with Crippen LogP contribution in [-0.4, -0.2) is 56.6 Å². The summed E-state index contributed by atoms with van der Waals surface area (Å²) in [5.74, 6) is -1.64. The van der Waals surface area contributed by atoms with E-state index >= 15 is 0 Å². The van der Waals surface area contributed by atoms with E-state index < -0.39 is 29.7 Å². The molecule has 3 rings (SSSR count). The first-order valence-electron chi connectivity index (χ1n) is 10.7. The van der Waals surface area contributed by atoms with Gasteiger partial charge in [0.2, 0.25) is 0 Å². The standard InChI is InChI=1S/C23H27F2N3O6/c1-3-32-16-10-18(24)20(19(25)11-16)17-12-26-22(28-34-9-8-29)21(17)27-23(30)33-13-14-4-6-15(31-2)7-5-14/h4-7,10-11,17,21,29H,3,8-9,12-13H2,1-2H3,(H,26,28)(H,27,30)/t17-,21-/m0/s1. The average Bonchev–Trinajstić information content (AvgIpc) is 3.20. The highest BCUT2D eigenvalue weighted by Gasteiger charge is 2.38. The largest absolute Gasteiger partial charge is 0.497 e. The van der Waals surface area contributed by atoms with Crippen molar-refractivity contribution in [1.82, 2.24) is 10.8 Å². The van der Waals surface area contributed by atoms with Crippen molar-refractivity contribution in [2.45, 2.75) is 25.5 Å². The summed E-state index contributed by atoms with van der Waals surface area (Å²) in [4.78, 5) is 21.8. The monoisotopic (exact) mass is 479 g/mol. The zero-order chi connectivity index (χ0) is 24.5. The maximum Gasteiger partial charge on any atom is 0.408 e. The number of nitrogens with zero attached hydrogens (tertiary/aromatic N) is 1. The van der Waals surface area contributed by atoms with Gasteiger partial charge >= 0.3 is 6.09 Å². The molecule has 0 radical (unpaired) electrons. The second kappa shape index (κ2) is 12.1. The Kier molecular flexibility index (Phi) is 9.00. The topological polar surface area (TPSA) is 111 Å². The van der Waals surface area contributed by atoms with Gasteiger partial charge in [-0.2, -0.15) is 0 Å². The van der Waals surface area contributed by atoms with Gasteiger partial charge in [-0.15, -0.1) is 0 Å². The maximum atomic E-state index is 14.9. The van der Waals surface area contributed by atoms with Crippen molar-refractivity contribution >= 4 is 11.9 Å². The number of halogens is 2. The van der Waals surface area contributed by atoms with Crippen LogP contribution >= 0.6 is 0 Å². The van der Waals surface area contributed by atoms with Crippen LogP contribution in [0.2, 0.25) is 0 Å². The van der Waals surface area contributed by atoms with E-state index in [9.17, 15) is 13.6 Å². The molecule has 3 N–H and O–H groups in total. The third-order valence-electron chi connectivity index (χ3n) is 5.06. The lowest BCUT2D eigenvalue weighted by Crippen LogP contribution is -2.48. The van der Waals surface area contributed by atoms with E-state index in [1.54, 1.807) is 38.3 Å². The summed E-state index contributed by atoms with van der Waals surface area (Å²) < 4.78 is 45.3. The molecule has 2 atom stereocenters. The summed E-state index contributed by atoms with van der Waals surface area (Å²) in [5.41, 5.74) is 3.01. The van der Waals surface area contributed by atoms with Crippen LogP contribution in [0.3, 0.4) is 0 Å². The van der Waals surface area contributed by atoms with Gasteiger partial charge in [0, 0.05) is 23.6 Å². The van der Waals surface area contributed by atoms with Crippen molar-refractivity contribution in [3.8, 4) is 11.5 Å². The minimum absolute atomic E-state index is 0.0178. The molecule has 11 heteroatoms. The summed E-state index contributed by atoms with van der Waals surface area (Å²) in [6.45, 7) is 1.61. The van der Waals surface area contributed by atoms with Crippen molar-refractivity contribution in [1.29, 1.82) is 0 Å². The summed E-state index contributed by atoms with van der Waals surface area (Å²) >= 11 is 0. The Morgan fingerprint density at radius 1 is 1.18 bits per heavy atom. The first-order valence-corrected chi connectivity index (χ1v) is 10.7.